The Morgan fingerprint density at radius 1 is 1.04 bits per heavy atom. The highest BCUT2D eigenvalue weighted by atomic mass is 31.2. The number of rotatable bonds is 7. The number of epoxide rings is 1. The van der Waals surface area contributed by atoms with Crippen molar-refractivity contribution in [1.82, 2.24) is 0 Å². The summed E-state index contributed by atoms with van der Waals surface area (Å²) < 4.78 is 34.0. The fraction of sp³-hybridized carbons (Fsp3) is 0.278. The van der Waals surface area contributed by atoms with Crippen LogP contribution in [0.5, 0.6) is 0 Å². The van der Waals surface area contributed by atoms with Gasteiger partial charge in [-0.3, -0.25) is 9.88 Å². The van der Waals surface area contributed by atoms with E-state index in [1.165, 1.54) is 14.2 Å². The highest BCUT2D eigenvalue weighted by Crippen LogP contribution is 2.60. The zero-order chi connectivity index (χ0) is 18.6. The van der Waals surface area contributed by atoms with E-state index >= 15 is 0 Å². The van der Waals surface area contributed by atoms with Gasteiger partial charge in [-0.2, -0.15) is 0 Å². The normalized spacial score (nSPS) is 20.2. The first kappa shape index (κ1) is 18.6. The molecule has 0 aliphatic carbocycles. The van der Waals surface area contributed by atoms with Crippen LogP contribution in [0, 0.1) is 0 Å². The number of benzene rings is 2. The standard InChI is InChI=1S/C18H20NO6P/c1-22-26(21,23-2)17(16-15(24-16)13-9-5-3-6-10-13)25-18(20)19-14-11-7-4-8-12-14/h3-12,15-17H,1-2H3,(H,19,20)/t15-,16+,17-/m1/s1. The number of hydrogen-bond donors (Lipinski definition) is 1. The van der Waals surface area contributed by atoms with E-state index in [4.69, 9.17) is 18.5 Å². The summed E-state index contributed by atoms with van der Waals surface area (Å²) in [5, 5.41) is 2.58. The summed E-state index contributed by atoms with van der Waals surface area (Å²) in [6, 6.07) is 18.2. The summed E-state index contributed by atoms with van der Waals surface area (Å²) in [5.74, 6) is -1.19. The molecule has 7 nitrogen and oxygen atoms in total. The van der Waals surface area contributed by atoms with Crippen molar-refractivity contribution >= 4 is 19.4 Å². The molecule has 8 heteroatoms. The Kier molecular flexibility index (Phi) is 5.74. The van der Waals surface area contributed by atoms with Gasteiger partial charge in [-0.05, 0) is 17.7 Å². The van der Waals surface area contributed by atoms with Gasteiger partial charge in [-0.1, -0.05) is 48.5 Å². The van der Waals surface area contributed by atoms with Crippen LogP contribution in [0.4, 0.5) is 10.5 Å². The molecule has 0 bridgehead atoms. The molecule has 2 aromatic rings. The van der Waals surface area contributed by atoms with Gasteiger partial charge in [-0.25, -0.2) is 4.79 Å². The predicted molar refractivity (Wildman–Crippen MR) is 96.0 cm³/mol. The van der Waals surface area contributed by atoms with Crippen LogP contribution in [0.2, 0.25) is 0 Å². The summed E-state index contributed by atoms with van der Waals surface area (Å²) in [6.07, 6.45) is -1.73. The van der Waals surface area contributed by atoms with Gasteiger partial charge >= 0.3 is 13.7 Å². The molecule has 1 amide bonds. The van der Waals surface area contributed by atoms with Crippen molar-refractivity contribution in [3.63, 3.8) is 0 Å². The van der Waals surface area contributed by atoms with Crippen LogP contribution in [-0.4, -0.2) is 32.3 Å². The minimum absolute atomic E-state index is 0.343. The van der Waals surface area contributed by atoms with Crippen molar-refractivity contribution in [1.29, 1.82) is 0 Å². The lowest BCUT2D eigenvalue weighted by molar-refractivity contribution is 0.106. The first-order valence-electron chi connectivity index (χ1n) is 8.01. The molecule has 0 spiro atoms. The second-order valence-corrected chi connectivity index (χ2v) is 7.94. The van der Waals surface area contributed by atoms with Gasteiger partial charge < -0.3 is 18.5 Å². The summed E-state index contributed by atoms with van der Waals surface area (Å²) >= 11 is 0. The summed E-state index contributed by atoms with van der Waals surface area (Å²) in [5.41, 5.74) is 1.45. The Labute approximate surface area is 151 Å². The number of hydrogen-bond acceptors (Lipinski definition) is 6. The van der Waals surface area contributed by atoms with Gasteiger partial charge in [0.2, 0.25) is 5.85 Å². The topological polar surface area (TPSA) is 86.4 Å². The summed E-state index contributed by atoms with van der Waals surface area (Å²) in [6.45, 7) is 0. The maximum absolute atomic E-state index is 12.9. The quantitative estimate of drug-likeness (QED) is 0.575. The van der Waals surface area contributed by atoms with Crippen molar-refractivity contribution in [2.24, 2.45) is 0 Å². The number of amides is 1. The molecule has 1 heterocycles. The van der Waals surface area contributed by atoms with E-state index < -0.39 is 25.6 Å². The molecule has 1 saturated heterocycles. The molecule has 1 N–H and O–H groups in total. The highest BCUT2D eigenvalue weighted by Gasteiger charge is 2.56. The third kappa shape index (κ3) is 4.14. The molecule has 3 atom stereocenters. The van der Waals surface area contributed by atoms with E-state index in [1.54, 1.807) is 24.3 Å². The number of carbonyl (C=O) groups is 1. The maximum atomic E-state index is 12.9. The Morgan fingerprint density at radius 2 is 1.62 bits per heavy atom. The van der Waals surface area contributed by atoms with Crippen molar-refractivity contribution in [3.8, 4) is 0 Å². The van der Waals surface area contributed by atoms with Gasteiger partial charge in [0.05, 0.1) is 0 Å². The molecule has 2 aromatic carbocycles. The van der Waals surface area contributed by atoms with Gasteiger partial charge in [0.15, 0.2) is 0 Å². The van der Waals surface area contributed by atoms with Crippen molar-refractivity contribution < 1.29 is 27.9 Å². The van der Waals surface area contributed by atoms with Crippen LogP contribution >= 0.6 is 7.60 Å². The lowest BCUT2D eigenvalue weighted by atomic mass is 10.1. The maximum Gasteiger partial charge on any atom is 0.412 e. The average Bonchev–Trinajstić information content (AvgIpc) is 3.47. The summed E-state index contributed by atoms with van der Waals surface area (Å²) in [7, 11) is -1.22. The molecule has 1 aliphatic rings. The molecule has 26 heavy (non-hydrogen) atoms. The Morgan fingerprint density at radius 3 is 2.19 bits per heavy atom. The van der Waals surface area contributed by atoms with Crippen molar-refractivity contribution in [2.75, 3.05) is 19.5 Å². The lowest BCUT2D eigenvalue weighted by Crippen LogP contribution is -2.28. The lowest BCUT2D eigenvalue weighted by Gasteiger charge is -2.23. The Bertz CT molecular complexity index is 777. The Balaban J connectivity index is 1.75. The third-order valence-electron chi connectivity index (χ3n) is 4.00. The first-order valence-corrected chi connectivity index (χ1v) is 9.63. The van der Waals surface area contributed by atoms with Crippen LogP contribution in [0.25, 0.3) is 0 Å². The number of nitrogens with one attached hydrogen (secondary N) is 1. The van der Waals surface area contributed by atoms with Gasteiger partial charge in [-0.15, -0.1) is 0 Å². The molecule has 3 rings (SSSR count). The molecular formula is C18H20NO6P. The Hall–Kier alpha value is -2.18. The fourth-order valence-electron chi connectivity index (χ4n) is 2.62. The van der Waals surface area contributed by atoms with Crippen LogP contribution in [0.3, 0.4) is 0 Å². The molecule has 138 valence electrons. The summed E-state index contributed by atoms with van der Waals surface area (Å²) in [4.78, 5) is 12.3. The first-order chi connectivity index (χ1) is 12.6. The molecule has 0 radical (unpaired) electrons. The SMILES string of the molecule is COP(=O)(OC)[C@@H](OC(=O)Nc1ccccc1)[C@H]1O[C@@H]1c1ccccc1. The third-order valence-corrected chi connectivity index (χ3v) is 6.04. The zero-order valence-corrected chi connectivity index (χ0v) is 15.3. The van der Waals surface area contributed by atoms with Crippen LogP contribution in [0.15, 0.2) is 60.7 Å². The molecule has 0 aromatic heterocycles. The molecular weight excluding hydrogens is 357 g/mol. The zero-order valence-electron chi connectivity index (χ0n) is 14.4. The average molecular weight is 377 g/mol. The monoisotopic (exact) mass is 377 g/mol. The number of anilines is 1. The van der Waals surface area contributed by atoms with Crippen LogP contribution in [-0.2, 0) is 23.1 Å². The highest BCUT2D eigenvalue weighted by molar-refractivity contribution is 7.54. The predicted octanol–water partition coefficient (Wildman–Crippen LogP) is 4.19. The molecule has 1 fully saturated rings. The molecule has 1 aliphatic heterocycles. The van der Waals surface area contributed by atoms with E-state index in [1.807, 2.05) is 36.4 Å². The second kappa shape index (κ2) is 8.01. The number of ether oxygens (including phenoxy) is 2. The second-order valence-electron chi connectivity index (χ2n) is 5.62. The van der Waals surface area contributed by atoms with Crippen molar-refractivity contribution in [3.05, 3.63) is 66.2 Å². The van der Waals surface area contributed by atoms with E-state index in [0.29, 0.717) is 5.69 Å². The van der Waals surface area contributed by atoms with Crippen molar-refractivity contribution in [2.45, 2.75) is 18.1 Å². The smallest absolute Gasteiger partial charge is 0.412 e. The van der Waals surface area contributed by atoms with E-state index in [2.05, 4.69) is 5.32 Å². The molecule has 0 saturated carbocycles. The number of carbonyl (C=O) groups excluding carboxylic acids is 1. The fourth-order valence-corrected chi connectivity index (χ4v) is 4.00. The van der Waals surface area contributed by atoms with Gasteiger partial charge in [0, 0.05) is 19.9 Å². The van der Waals surface area contributed by atoms with Gasteiger partial charge in [0.25, 0.3) is 0 Å². The van der Waals surface area contributed by atoms with E-state index in [-0.39, 0.29) is 6.10 Å². The van der Waals surface area contributed by atoms with E-state index in [9.17, 15) is 9.36 Å². The largest absolute Gasteiger partial charge is 0.430 e. The van der Waals surface area contributed by atoms with Crippen LogP contribution in [0.1, 0.15) is 11.7 Å². The van der Waals surface area contributed by atoms with Crippen LogP contribution < -0.4 is 5.32 Å². The minimum Gasteiger partial charge on any atom is -0.430 e. The minimum atomic E-state index is -3.71. The van der Waals surface area contributed by atoms with Gasteiger partial charge in [0.1, 0.15) is 12.2 Å². The molecule has 0 unspecified atom stereocenters. The van der Waals surface area contributed by atoms with E-state index in [0.717, 1.165) is 5.56 Å². The number of para-hydroxylation sites is 1.